The van der Waals surface area contributed by atoms with Gasteiger partial charge in [0.1, 0.15) is 0 Å². The largest absolute Gasteiger partial charge is 0.302 e. The van der Waals surface area contributed by atoms with Crippen molar-refractivity contribution in [1.82, 2.24) is 10.6 Å². The molecule has 0 saturated heterocycles. The molecule has 0 bridgehead atoms. The third-order valence-electron chi connectivity index (χ3n) is 3.07. The molecule has 1 aliphatic rings. The fraction of sp³-hybridized carbons (Fsp3) is 1.00. The van der Waals surface area contributed by atoms with Crippen molar-refractivity contribution in [3.8, 4) is 0 Å². The van der Waals surface area contributed by atoms with Gasteiger partial charge in [0.15, 0.2) is 0 Å². The van der Waals surface area contributed by atoms with Gasteiger partial charge < -0.3 is 5.32 Å². The van der Waals surface area contributed by atoms with Crippen molar-refractivity contribution in [2.45, 2.75) is 71.0 Å². The summed E-state index contributed by atoms with van der Waals surface area (Å²) in [6.07, 6.45) is 10.1. The molecule has 0 heterocycles. The lowest BCUT2D eigenvalue weighted by Crippen LogP contribution is -2.47. The zero-order chi connectivity index (χ0) is 10.2. The number of rotatable bonds is 6. The van der Waals surface area contributed by atoms with E-state index in [4.69, 9.17) is 0 Å². The molecular weight excluding hydrogens is 172 g/mol. The topological polar surface area (TPSA) is 24.1 Å². The first kappa shape index (κ1) is 12.0. The van der Waals surface area contributed by atoms with E-state index in [0.29, 0.717) is 6.17 Å². The van der Waals surface area contributed by atoms with Gasteiger partial charge in [-0.25, -0.2) is 0 Å². The summed E-state index contributed by atoms with van der Waals surface area (Å²) in [4.78, 5) is 0. The summed E-state index contributed by atoms with van der Waals surface area (Å²) in [7, 11) is 0. The third-order valence-corrected chi connectivity index (χ3v) is 3.07. The van der Waals surface area contributed by atoms with Gasteiger partial charge in [0.2, 0.25) is 0 Å². The SMILES string of the molecule is CCCC(NCC)NC1CCCCC1. The van der Waals surface area contributed by atoms with Crippen molar-refractivity contribution < 1.29 is 0 Å². The molecule has 0 spiro atoms. The molecule has 1 atom stereocenters. The molecule has 1 aliphatic carbocycles. The minimum Gasteiger partial charge on any atom is -0.302 e. The highest BCUT2D eigenvalue weighted by atomic mass is 15.1. The lowest BCUT2D eigenvalue weighted by atomic mass is 9.95. The van der Waals surface area contributed by atoms with E-state index < -0.39 is 0 Å². The highest BCUT2D eigenvalue weighted by Gasteiger charge is 2.16. The number of nitrogens with one attached hydrogen (secondary N) is 2. The van der Waals surface area contributed by atoms with Crippen LogP contribution in [0.2, 0.25) is 0 Å². The van der Waals surface area contributed by atoms with Gasteiger partial charge in [0.25, 0.3) is 0 Å². The number of hydrogen-bond acceptors (Lipinski definition) is 2. The Bertz CT molecular complexity index is 124. The second-order valence-electron chi connectivity index (χ2n) is 4.40. The summed E-state index contributed by atoms with van der Waals surface area (Å²) in [6, 6.07) is 0.777. The highest BCUT2D eigenvalue weighted by molar-refractivity contribution is 4.75. The minimum atomic E-state index is 0.549. The molecule has 0 amide bonds. The molecule has 14 heavy (non-hydrogen) atoms. The molecule has 2 nitrogen and oxygen atoms in total. The average Bonchev–Trinajstić information content (AvgIpc) is 2.20. The van der Waals surface area contributed by atoms with E-state index >= 15 is 0 Å². The van der Waals surface area contributed by atoms with Crippen LogP contribution in [0.25, 0.3) is 0 Å². The molecule has 1 saturated carbocycles. The molecule has 1 fully saturated rings. The van der Waals surface area contributed by atoms with Crippen LogP contribution in [0.4, 0.5) is 0 Å². The molecule has 1 rings (SSSR count). The maximum Gasteiger partial charge on any atom is 0.0573 e. The molecule has 0 radical (unpaired) electrons. The van der Waals surface area contributed by atoms with Gasteiger partial charge in [-0.3, -0.25) is 5.32 Å². The van der Waals surface area contributed by atoms with Crippen molar-refractivity contribution in [3.05, 3.63) is 0 Å². The van der Waals surface area contributed by atoms with Gasteiger partial charge in [-0.2, -0.15) is 0 Å². The smallest absolute Gasteiger partial charge is 0.0573 e. The number of hydrogen-bond donors (Lipinski definition) is 2. The van der Waals surface area contributed by atoms with E-state index in [2.05, 4.69) is 24.5 Å². The van der Waals surface area contributed by atoms with Crippen LogP contribution in [0.5, 0.6) is 0 Å². The standard InChI is InChI=1S/C12H26N2/c1-3-8-12(13-4-2)14-11-9-6-5-7-10-11/h11-14H,3-10H2,1-2H3. The molecule has 0 aromatic carbocycles. The quantitative estimate of drug-likeness (QED) is 0.641. The lowest BCUT2D eigenvalue weighted by Gasteiger charge is -2.28. The average molecular weight is 198 g/mol. The second-order valence-corrected chi connectivity index (χ2v) is 4.40. The third kappa shape index (κ3) is 4.43. The Balaban J connectivity index is 2.21. The van der Waals surface area contributed by atoms with Gasteiger partial charge in [-0.05, 0) is 25.8 Å². The van der Waals surface area contributed by atoms with Crippen molar-refractivity contribution in [2.75, 3.05) is 6.54 Å². The van der Waals surface area contributed by atoms with E-state index in [1.54, 1.807) is 0 Å². The summed E-state index contributed by atoms with van der Waals surface area (Å²) in [5.41, 5.74) is 0. The Morgan fingerprint density at radius 3 is 2.43 bits per heavy atom. The van der Waals surface area contributed by atoms with Gasteiger partial charge in [0.05, 0.1) is 6.17 Å². The van der Waals surface area contributed by atoms with Crippen LogP contribution in [0.15, 0.2) is 0 Å². The lowest BCUT2D eigenvalue weighted by molar-refractivity contribution is 0.299. The Hall–Kier alpha value is -0.0800. The second kappa shape index (κ2) is 7.24. The Kier molecular flexibility index (Phi) is 6.20. The maximum atomic E-state index is 3.75. The summed E-state index contributed by atoms with van der Waals surface area (Å²) >= 11 is 0. The molecule has 1 unspecified atom stereocenters. The first-order chi connectivity index (χ1) is 6.86. The summed E-state index contributed by atoms with van der Waals surface area (Å²) in [5.74, 6) is 0. The van der Waals surface area contributed by atoms with E-state index in [0.717, 1.165) is 12.6 Å². The predicted octanol–water partition coefficient (Wildman–Crippen LogP) is 2.64. The Labute approximate surface area is 88.8 Å². The zero-order valence-electron chi connectivity index (χ0n) is 9.81. The van der Waals surface area contributed by atoms with E-state index in [1.807, 2.05) is 0 Å². The maximum absolute atomic E-state index is 3.75. The van der Waals surface area contributed by atoms with Crippen LogP contribution in [0.3, 0.4) is 0 Å². The summed E-state index contributed by atoms with van der Waals surface area (Å²) < 4.78 is 0. The van der Waals surface area contributed by atoms with Crippen LogP contribution in [0.1, 0.15) is 58.8 Å². The molecule has 0 aromatic rings. The van der Waals surface area contributed by atoms with Crippen LogP contribution < -0.4 is 10.6 Å². The normalized spacial score (nSPS) is 21.0. The van der Waals surface area contributed by atoms with E-state index in [9.17, 15) is 0 Å². The molecule has 2 heteroatoms. The molecule has 0 aliphatic heterocycles. The van der Waals surface area contributed by atoms with Gasteiger partial charge in [0, 0.05) is 6.04 Å². The molecule has 0 aromatic heterocycles. The summed E-state index contributed by atoms with van der Waals surface area (Å²) in [6.45, 7) is 5.52. The fourth-order valence-electron chi connectivity index (χ4n) is 2.33. The molecule has 2 N–H and O–H groups in total. The molecule has 84 valence electrons. The van der Waals surface area contributed by atoms with E-state index in [-0.39, 0.29) is 0 Å². The monoisotopic (exact) mass is 198 g/mol. The van der Waals surface area contributed by atoms with Crippen molar-refractivity contribution in [1.29, 1.82) is 0 Å². The first-order valence-corrected chi connectivity index (χ1v) is 6.36. The van der Waals surface area contributed by atoms with Gasteiger partial charge >= 0.3 is 0 Å². The van der Waals surface area contributed by atoms with Crippen molar-refractivity contribution in [2.24, 2.45) is 0 Å². The van der Waals surface area contributed by atoms with Gasteiger partial charge in [-0.1, -0.05) is 39.5 Å². The van der Waals surface area contributed by atoms with Crippen LogP contribution >= 0.6 is 0 Å². The van der Waals surface area contributed by atoms with Crippen molar-refractivity contribution >= 4 is 0 Å². The molecular formula is C12H26N2. The summed E-state index contributed by atoms with van der Waals surface area (Å²) in [5, 5.41) is 7.27. The zero-order valence-corrected chi connectivity index (χ0v) is 9.81. The van der Waals surface area contributed by atoms with Gasteiger partial charge in [-0.15, -0.1) is 0 Å². The van der Waals surface area contributed by atoms with Crippen molar-refractivity contribution in [3.63, 3.8) is 0 Å². The highest BCUT2D eigenvalue weighted by Crippen LogP contribution is 2.17. The first-order valence-electron chi connectivity index (χ1n) is 6.36. The van der Waals surface area contributed by atoms with E-state index in [1.165, 1.54) is 44.9 Å². The Morgan fingerprint density at radius 2 is 1.86 bits per heavy atom. The van der Waals surface area contributed by atoms with Crippen LogP contribution in [-0.4, -0.2) is 18.8 Å². The van der Waals surface area contributed by atoms with Crippen LogP contribution in [-0.2, 0) is 0 Å². The fourth-order valence-corrected chi connectivity index (χ4v) is 2.33. The Morgan fingerprint density at radius 1 is 1.14 bits per heavy atom. The predicted molar refractivity (Wildman–Crippen MR) is 62.4 cm³/mol. The van der Waals surface area contributed by atoms with Crippen LogP contribution in [0, 0.1) is 0 Å². The minimum absolute atomic E-state index is 0.549.